The lowest BCUT2D eigenvalue weighted by Crippen LogP contribution is -2.51. The molecule has 5 heterocycles. The van der Waals surface area contributed by atoms with Gasteiger partial charge in [0, 0.05) is 73.1 Å². The summed E-state index contributed by atoms with van der Waals surface area (Å²) in [7, 11) is 0. The zero-order valence-corrected chi connectivity index (χ0v) is 24.8. The normalized spacial score (nSPS) is 21.3. The van der Waals surface area contributed by atoms with E-state index in [2.05, 4.69) is 21.3 Å². The first-order valence-corrected chi connectivity index (χ1v) is 14.8. The zero-order valence-electron chi connectivity index (χ0n) is 24.8. The highest BCUT2D eigenvalue weighted by molar-refractivity contribution is 5.97. The Morgan fingerprint density at radius 1 is 0.977 bits per heavy atom. The minimum Gasteiger partial charge on any atom is -0.444 e. The molecule has 3 aliphatic heterocycles. The fourth-order valence-electron chi connectivity index (χ4n) is 6.65. The quantitative estimate of drug-likeness (QED) is 0.478. The number of fused-ring (bicyclic) bond motifs is 4. The fraction of sp³-hybridized carbons (Fsp3) is 0.438. The standard InChI is InChI=1S/C32H35N7O4/c1-19(40)36-22-7-10-33-26(12-22)21-14-34-29(35-15-21)39-18-32(8-9-32)25-6-5-20(11-27(25)39)28(41)37-16-24-13-23(37)17-38(24)30(42)43-31(2,3)4/h5-7,10-12,14-15,23-24H,8-9,13,16-18H2,1-4H3,(H,33,36,40). The number of carbonyl (C=O) groups is 3. The number of piperazine rings is 1. The van der Waals surface area contributed by atoms with Crippen LogP contribution in [-0.4, -0.2) is 80.0 Å². The minimum absolute atomic E-state index is 0.0159. The van der Waals surface area contributed by atoms with E-state index in [1.165, 1.54) is 12.5 Å². The molecule has 2 bridgehead atoms. The smallest absolute Gasteiger partial charge is 0.410 e. The summed E-state index contributed by atoms with van der Waals surface area (Å²) < 4.78 is 5.58. The van der Waals surface area contributed by atoms with Crippen LogP contribution in [0.4, 0.5) is 22.1 Å². The van der Waals surface area contributed by atoms with Gasteiger partial charge in [0.05, 0.1) is 17.8 Å². The maximum absolute atomic E-state index is 13.8. The van der Waals surface area contributed by atoms with Crippen LogP contribution in [-0.2, 0) is 14.9 Å². The van der Waals surface area contributed by atoms with Crippen LogP contribution < -0.4 is 10.2 Å². The summed E-state index contributed by atoms with van der Waals surface area (Å²) in [4.78, 5) is 57.5. The highest BCUT2D eigenvalue weighted by atomic mass is 16.6. The van der Waals surface area contributed by atoms with Crippen LogP contribution in [0.2, 0.25) is 0 Å². The third-order valence-electron chi connectivity index (χ3n) is 8.81. The summed E-state index contributed by atoms with van der Waals surface area (Å²) in [5.41, 5.74) is 4.43. The SMILES string of the molecule is CC(=O)Nc1ccnc(-c2cnc(N3CC4(CC4)c4ccc(C(=O)N5CC6CC5CN6C(=O)OC(C)(C)C)cc43)nc2)c1. The number of likely N-dealkylation sites (tertiary alicyclic amines) is 2. The van der Waals surface area contributed by atoms with E-state index in [-0.39, 0.29) is 35.4 Å². The Bertz CT molecular complexity index is 1630. The zero-order chi connectivity index (χ0) is 30.1. The number of ether oxygens (including phenoxy) is 1. The van der Waals surface area contributed by atoms with Gasteiger partial charge in [-0.3, -0.25) is 14.6 Å². The van der Waals surface area contributed by atoms with Crippen molar-refractivity contribution in [3.63, 3.8) is 0 Å². The molecular weight excluding hydrogens is 546 g/mol. The highest BCUT2D eigenvalue weighted by Crippen LogP contribution is 2.58. The number of rotatable bonds is 4. The average molecular weight is 582 g/mol. The number of carbonyl (C=O) groups excluding carboxylic acids is 3. The number of pyridine rings is 1. The lowest BCUT2D eigenvalue weighted by atomic mass is 9.97. The molecule has 3 fully saturated rings. The van der Waals surface area contributed by atoms with Crippen molar-refractivity contribution in [3.8, 4) is 11.3 Å². The monoisotopic (exact) mass is 581 g/mol. The lowest BCUT2D eigenvalue weighted by molar-refractivity contribution is -0.114. The second kappa shape index (κ2) is 9.75. The van der Waals surface area contributed by atoms with Gasteiger partial charge in [0.25, 0.3) is 5.91 Å². The van der Waals surface area contributed by atoms with E-state index < -0.39 is 5.60 Å². The van der Waals surface area contributed by atoms with Gasteiger partial charge in [0.2, 0.25) is 11.9 Å². The Kier molecular flexibility index (Phi) is 6.19. The van der Waals surface area contributed by atoms with Crippen molar-refractivity contribution >= 4 is 35.2 Å². The number of hydrogen-bond acceptors (Lipinski definition) is 8. The molecule has 11 heteroatoms. The van der Waals surface area contributed by atoms with Crippen molar-refractivity contribution in [1.29, 1.82) is 0 Å². The van der Waals surface area contributed by atoms with Crippen LogP contribution in [0, 0.1) is 0 Å². The largest absolute Gasteiger partial charge is 0.444 e. The van der Waals surface area contributed by atoms with E-state index in [9.17, 15) is 14.4 Å². The van der Waals surface area contributed by atoms with Gasteiger partial charge in [-0.05, 0) is 69.9 Å². The van der Waals surface area contributed by atoms with Crippen LogP contribution in [0.15, 0.2) is 48.9 Å². The van der Waals surface area contributed by atoms with Crippen LogP contribution in [0.5, 0.6) is 0 Å². The molecule has 4 aliphatic rings. The van der Waals surface area contributed by atoms with Crippen molar-refractivity contribution in [2.24, 2.45) is 0 Å². The Balaban J connectivity index is 1.10. The van der Waals surface area contributed by atoms with Gasteiger partial charge in [0.15, 0.2) is 0 Å². The first-order chi connectivity index (χ1) is 20.5. The number of anilines is 3. The van der Waals surface area contributed by atoms with Crippen LogP contribution in [0.3, 0.4) is 0 Å². The van der Waals surface area contributed by atoms with Gasteiger partial charge in [0.1, 0.15) is 5.60 Å². The molecule has 0 radical (unpaired) electrons. The fourth-order valence-corrected chi connectivity index (χ4v) is 6.65. The van der Waals surface area contributed by atoms with Gasteiger partial charge in [-0.2, -0.15) is 0 Å². The minimum atomic E-state index is -0.552. The van der Waals surface area contributed by atoms with Crippen molar-refractivity contribution in [3.05, 3.63) is 60.0 Å². The van der Waals surface area contributed by atoms with Crippen molar-refractivity contribution in [2.45, 2.75) is 70.1 Å². The molecule has 43 heavy (non-hydrogen) atoms. The van der Waals surface area contributed by atoms with E-state index in [1.54, 1.807) is 35.6 Å². The van der Waals surface area contributed by atoms with Gasteiger partial charge in [-0.25, -0.2) is 14.8 Å². The van der Waals surface area contributed by atoms with Crippen molar-refractivity contribution in [2.75, 3.05) is 29.9 Å². The molecule has 11 nitrogen and oxygen atoms in total. The van der Waals surface area contributed by atoms with Gasteiger partial charge in [-0.15, -0.1) is 0 Å². The molecular formula is C32H35N7O4. The Hall–Kier alpha value is -4.54. The second-order valence-corrected chi connectivity index (χ2v) is 13.1. The molecule has 1 N–H and O–H groups in total. The summed E-state index contributed by atoms with van der Waals surface area (Å²) in [5.74, 6) is 0.408. The van der Waals surface area contributed by atoms with Crippen LogP contribution in [0.1, 0.15) is 62.9 Å². The Morgan fingerprint density at radius 2 is 1.70 bits per heavy atom. The molecule has 1 spiro atoms. The number of benzene rings is 1. The molecule has 3 aromatic rings. The maximum Gasteiger partial charge on any atom is 0.410 e. The first kappa shape index (κ1) is 27.3. The van der Waals surface area contributed by atoms with E-state index >= 15 is 0 Å². The van der Waals surface area contributed by atoms with E-state index in [0.717, 1.165) is 37.1 Å². The third-order valence-corrected chi connectivity index (χ3v) is 8.81. The van der Waals surface area contributed by atoms with Crippen molar-refractivity contribution < 1.29 is 19.1 Å². The highest BCUT2D eigenvalue weighted by Gasteiger charge is 2.53. The number of aromatic nitrogens is 3. The summed E-state index contributed by atoms with van der Waals surface area (Å²) in [5, 5.41) is 2.77. The van der Waals surface area contributed by atoms with Gasteiger partial charge >= 0.3 is 6.09 Å². The maximum atomic E-state index is 13.8. The predicted molar refractivity (Wildman–Crippen MR) is 160 cm³/mol. The molecule has 1 saturated carbocycles. The van der Waals surface area contributed by atoms with E-state index in [4.69, 9.17) is 14.7 Å². The Morgan fingerprint density at radius 3 is 2.35 bits per heavy atom. The molecule has 222 valence electrons. The molecule has 7 rings (SSSR count). The molecule has 1 aromatic carbocycles. The average Bonchev–Trinajstić information content (AvgIpc) is 3.30. The molecule has 2 aromatic heterocycles. The first-order valence-electron chi connectivity index (χ1n) is 14.8. The van der Waals surface area contributed by atoms with E-state index in [1.807, 2.05) is 37.8 Å². The third kappa shape index (κ3) is 4.96. The number of nitrogens with one attached hydrogen (secondary N) is 1. The van der Waals surface area contributed by atoms with Crippen LogP contribution in [0.25, 0.3) is 11.3 Å². The second-order valence-electron chi connectivity index (χ2n) is 13.1. The lowest BCUT2D eigenvalue weighted by Gasteiger charge is -2.35. The summed E-state index contributed by atoms with van der Waals surface area (Å²) in [6.45, 7) is 8.83. The topological polar surface area (TPSA) is 121 Å². The molecule has 3 amide bonds. The molecule has 1 aliphatic carbocycles. The summed E-state index contributed by atoms with van der Waals surface area (Å²) >= 11 is 0. The Labute approximate surface area is 250 Å². The van der Waals surface area contributed by atoms with Crippen LogP contribution >= 0.6 is 0 Å². The molecule has 2 unspecified atom stereocenters. The summed E-state index contributed by atoms with van der Waals surface area (Å²) in [6.07, 6.45) is 7.78. The predicted octanol–water partition coefficient (Wildman–Crippen LogP) is 4.51. The molecule has 2 atom stereocenters. The van der Waals surface area contributed by atoms with E-state index in [0.29, 0.717) is 36.0 Å². The number of amides is 3. The summed E-state index contributed by atoms with van der Waals surface area (Å²) in [6, 6.07) is 9.52. The molecule has 2 saturated heterocycles. The number of nitrogens with zero attached hydrogens (tertiary/aromatic N) is 6. The van der Waals surface area contributed by atoms with Crippen molar-refractivity contribution in [1.82, 2.24) is 24.8 Å². The van der Waals surface area contributed by atoms with Gasteiger partial charge < -0.3 is 24.8 Å². The number of hydrogen-bond donors (Lipinski definition) is 1. The van der Waals surface area contributed by atoms with Gasteiger partial charge in [-0.1, -0.05) is 6.07 Å².